The van der Waals surface area contributed by atoms with Crippen molar-refractivity contribution in [3.05, 3.63) is 55.6 Å². The van der Waals surface area contributed by atoms with Crippen LogP contribution in [0.1, 0.15) is 10.4 Å². The molecule has 0 saturated carbocycles. The molecule has 0 aliphatic carbocycles. The van der Waals surface area contributed by atoms with Crippen molar-refractivity contribution in [2.75, 3.05) is 7.11 Å². The van der Waals surface area contributed by atoms with Crippen LogP contribution in [0.3, 0.4) is 0 Å². The van der Waals surface area contributed by atoms with Crippen molar-refractivity contribution in [3.8, 4) is 5.75 Å². The standard InChI is InChI=1S/C14H9Cl2IO5S/c1-21-14(18)10-7-9(17)3-5-12(10)22-23(19,20)13-6-8(15)2-4-11(13)16/h2-7H,1H3. The van der Waals surface area contributed by atoms with E-state index in [1.807, 2.05) is 22.6 Å². The van der Waals surface area contributed by atoms with E-state index in [0.717, 1.165) is 0 Å². The van der Waals surface area contributed by atoms with Crippen LogP contribution in [0.15, 0.2) is 41.3 Å². The van der Waals surface area contributed by atoms with Crippen molar-refractivity contribution in [1.82, 2.24) is 0 Å². The SMILES string of the molecule is COC(=O)c1cc(I)ccc1OS(=O)(=O)c1cc(Cl)ccc1Cl. The van der Waals surface area contributed by atoms with Crippen LogP contribution in [0.4, 0.5) is 0 Å². The monoisotopic (exact) mass is 486 g/mol. The quantitative estimate of drug-likeness (QED) is 0.369. The Balaban J connectivity index is 2.49. The molecule has 122 valence electrons. The minimum absolute atomic E-state index is 0.0128. The van der Waals surface area contributed by atoms with Crippen LogP contribution in [-0.4, -0.2) is 21.5 Å². The Labute approximate surface area is 156 Å². The van der Waals surface area contributed by atoms with Gasteiger partial charge >= 0.3 is 16.1 Å². The van der Waals surface area contributed by atoms with E-state index in [4.69, 9.17) is 27.4 Å². The summed E-state index contributed by atoms with van der Waals surface area (Å²) in [5, 5.41) is 0.145. The number of benzene rings is 2. The number of carbonyl (C=O) groups is 1. The molecule has 0 saturated heterocycles. The van der Waals surface area contributed by atoms with E-state index in [1.165, 1.54) is 37.4 Å². The lowest BCUT2D eigenvalue weighted by atomic mass is 10.2. The molecule has 0 amide bonds. The van der Waals surface area contributed by atoms with Gasteiger partial charge in [-0.2, -0.15) is 8.42 Å². The van der Waals surface area contributed by atoms with Gasteiger partial charge in [0.2, 0.25) is 0 Å². The van der Waals surface area contributed by atoms with Crippen molar-refractivity contribution in [2.45, 2.75) is 4.90 Å². The zero-order valence-corrected chi connectivity index (χ0v) is 16.0. The maximum Gasteiger partial charge on any atom is 0.341 e. The first kappa shape index (κ1) is 18.3. The van der Waals surface area contributed by atoms with Crippen LogP contribution in [0.25, 0.3) is 0 Å². The van der Waals surface area contributed by atoms with Crippen molar-refractivity contribution in [3.63, 3.8) is 0 Å². The van der Waals surface area contributed by atoms with Gasteiger partial charge in [-0.1, -0.05) is 23.2 Å². The number of carbonyl (C=O) groups excluding carboxylic acids is 1. The van der Waals surface area contributed by atoms with Crippen LogP contribution in [0, 0.1) is 3.57 Å². The maximum absolute atomic E-state index is 12.4. The molecule has 0 fully saturated rings. The smallest absolute Gasteiger partial charge is 0.341 e. The van der Waals surface area contributed by atoms with Gasteiger partial charge in [-0.15, -0.1) is 0 Å². The normalized spacial score (nSPS) is 11.1. The maximum atomic E-state index is 12.4. The molecule has 23 heavy (non-hydrogen) atoms. The lowest BCUT2D eigenvalue weighted by Crippen LogP contribution is -2.13. The molecule has 0 aliphatic rings. The third-order valence-electron chi connectivity index (χ3n) is 2.71. The van der Waals surface area contributed by atoms with Crippen molar-refractivity contribution >= 4 is 61.9 Å². The Morgan fingerprint density at radius 3 is 2.48 bits per heavy atom. The second-order valence-electron chi connectivity index (χ2n) is 4.24. The van der Waals surface area contributed by atoms with Crippen LogP contribution in [0.2, 0.25) is 10.0 Å². The second kappa shape index (κ2) is 7.25. The zero-order valence-electron chi connectivity index (χ0n) is 11.5. The highest BCUT2D eigenvalue weighted by molar-refractivity contribution is 14.1. The molecule has 0 aliphatic heterocycles. The first-order valence-corrected chi connectivity index (χ1v) is 9.26. The molecule has 0 N–H and O–H groups in total. The average Bonchev–Trinajstić information content (AvgIpc) is 2.50. The fraction of sp³-hybridized carbons (Fsp3) is 0.0714. The fourth-order valence-corrected chi connectivity index (χ4v) is 3.85. The fourth-order valence-electron chi connectivity index (χ4n) is 1.68. The van der Waals surface area contributed by atoms with Crippen LogP contribution in [-0.2, 0) is 14.9 Å². The molecule has 0 heterocycles. The molecule has 0 unspecified atom stereocenters. The molecule has 5 nitrogen and oxygen atoms in total. The molecule has 2 aromatic carbocycles. The molecule has 0 bridgehead atoms. The third kappa shape index (κ3) is 4.28. The van der Waals surface area contributed by atoms with E-state index >= 15 is 0 Å². The van der Waals surface area contributed by atoms with Crippen LogP contribution >= 0.6 is 45.8 Å². The minimum atomic E-state index is -4.27. The van der Waals surface area contributed by atoms with Gasteiger partial charge in [-0.05, 0) is 59.0 Å². The van der Waals surface area contributed by atoms with E-state index in [0.29, 0.717) is 3.57 Å². The van der Waals surface area contributed by atoms with Gasteiger partial charge in [-0.25, -0.2) is 4.79 Å². The van der Waals surface area contributed by atoms with Gasteiger partial charge in [-0.3, -0.25) is 0 Å². The minimum Gasteiger partial charge on any atom is -0.465 e. The summed E-state index contributed by atoms with van der Waals surface area (Å²) in [4.78, 5) is 11.5. The number of ether oxygens (including phenoxy) is 1. The second-order valence-corrected chi connectivity index (χ2v) is 7.85. The highest BCUT2D eigenvalue weighted by Crippen LogP contribution is 2.30. The Kier molecular flexibility index (Phi) is 5.77. The summed E-state index contributed by atoms with van der Waals surface area (Å²) in [5.41, 5.74) is -0.0128. The van der Waals surface area contributed by atoms with Gasteiger partial charge in [0.25, 0.3) is 0 Å². The lowest BCUT2D eigenvalue weighted by Gasteiger charge is -2.12. The summed E-state index contributed by atoms with van der Waals surface area (Å²) in [6.07, 6.45) is 0. The molecule has 0 radical (unpaired) electrons. The molecule has 9 heteroatoms. The summed E-state index contributed by atoms with van der Waals surface area (Å²) in [5.74, 6) is -0.876. The number of methoxy groups -OCH3 is 1. The van der Waals surface area contributed by atoms with E-state index in [9.17, 15) is 13.2 Å². The predicted octanol–water partition coefficient (Wildman–Crippen LogP) is 4.15. The molecule has 0 spiro atoms. The van der Waals surface area contributed by atoms with E-state index in [2.05, 4.69) is 4.74 Å². The molecular formula is C14H9Cl2IO5S. The molecule has 2 aromatic rings. The Morgan fingerprint density at radius 2 is 1.83 bits per heavy atom. The predicted molar refractivity (Wildman–Crippen MR) is 94.8 cm³/mol. The average molecular weight is 487 g/mol. The summed E-state index contributed by atoms with van der Waals surface area (Å²) in [6.45, 7) is 0. The van der Waals surface area contributed by atoms with Gasteiger partial charge in [0.05, 0.1) is 12.1 Å². The Morgan fingerprint density at radius 1 is 1.13 bits per heavy atom. The van der Waals surface area contributed by atoms with Crippen molar-refractivity contribution in [2.24, 2.45) is 0 Å². The summed E-state index contributed by atoms with van der Waals surface area (Å²) in [6, 6.07) is 8.38. The number of hydrogen-bond donors (Lipinski definition) is 0. The molecular weight excluding hydrogens is 478 g/mol. The number of halogens is 3. The van der Waals surface area contributed by atoms with Gasteiger partial charge in [0, 0.05) is 8.59 Å². The van der Waals surface area contributed by atoms with Crippen molar-refractivity contribution < 1.29 is 22.1 Å². The van der Waals surface area contributed by atoms with Crippen LogP contribution in [0.5, 0.6) is 5.75 Å². The first-order chi connectivity index (χ1) is 10.7. The lowest BCUT2D eigenvalue weighted by molar-refractivity contribution is 0.0598. The largest absolute Gasteiger partial charge is 0.465 e. The van der Waals surface area contributed by atoms with Gasteiger partial charge in [0.1, 0.15) is 10.5 Å². The number of rotatable bonds is 4. The third-order valence-corrected chi connectivity index (χ3v) is 5.33. The Bertz CT molecular complexity index is 867. The highest BCUT2D eigenvalue weighted by atomic mass is 127. The summed E-state index contributed by atoms with van der Waals surface area (Å²) >= 11 is 13.7. The zero-order chi connectivity index (χ0) is 17.2. The molecule has 0 atom stereocenters. The highest BCUT2D eigenvalue weighted by Gasteiger charge is 2.24. The summed E-state index contributed by atoms with van der Waals surface area (Å²) < 4.78 is 35.2. The summed E-state index contributed by atoms with van der Waals surface area (Å²) in [7, 11) is -3.08. The van der Waals surface area contributed by atoms with Gasteiger partial charge < -0.3 is 8.92 Å². The van der Waals surface area contributed by atoms with E-state index in [1.54, 1.807) is 6.07 Å². The number of esters is 1. The number of hydrogen-bond acceptors (Lipinski definition) is 5. The van der Waals surface area contributed by atoms with E-state index in [-0.39, 0.29) is 26.3 Å². The topological polar surface area (TPSA) is 69.7 Å². The first-order valence-electron chi connectivity index (χ1n) is 6.02. The van der Waals surface area contributed by atoms with Crippen molar-refractivity contribution in [1.29, 1.82) is 0 Å². The van der Waals surface area contributed by atoms with Crippen LogP contribution < -0.4 is 4.18 Å². The molecule has 0 aromatic heterocycles. The van der Waals surface area contributed by atoms with Gasteiger partial charge in [0.15, 0.2) is 5.75 Å². The van der Waals surface area contributed by atoms with E-state index < -0.39 is 16.1 Å². The molecule has 2 rings (SSSR count). The Hall–Kier alpha value is -1.03.